The van der Waals surface area contributed by atoms with Crippen molar-refractivity contribution in [2.75, 3.05) is 20.1 Å². The molecule has 0 spiro atoms. The van der Waals surface area contributed by atoms with Gasteiger partial charge in [0.05, 0.1) is 6.54 Å². The van der Waals surface area contributed by atoms with Crippen molar-refractivity contribution in [1.29, 1.82) is 0 Å². The molecule has 1 aliphatic rings. The first kappa shape index (κ1) is 15.9. The summed E-state index contributed by atoms with van der Waals surface area (Å²) >= 11 is 0. The van der Waals surface area contributed by atoms with Gasteiger partial charge in [-0.1, -0.05) is 27.7 Å². The second kappa shape index (κ2) is 6.50. The van der Waals surface area contributed by atoms with Crippen molar-refractivity contribution in [2.45, 2.75) is 47.2 Å². The highest BCUT2D eigenvalue weighted by molar-refractivity contribution is 5.80. The maximum atomic E-state index is 4.46. The molecular weight excluding hydrogens is 262 g/mol. The van der Waals surface area contributed by atoms with Crippen LogP contribution in [-0.4, -0.2) is 40.5 Å². The van der Waals surface area contributed by atoms with Gasteiger partial charge in [-0.2, -0.15) is 0 Å². The van der Waals surface area contributed by atoms with E-state index in [0.717, 1.165) is 38.0 Å². The van der Waals surface area contributed by atoms with Gasteiger partial charge in [-0.15, -0.1) is 0 Å². The lowest BCUT2D eigenvalue weighted by molar-refractivity contribution is 0.369. The molecule has 1 aliphatic heterocycles. The third-order valence-corrected chi connectivity index (χ3v) is 3.96. The quantitative estimate of drug-likeness (QED) is 0.684. The minimum atomic E-state index is 0.383. The number of aromatic nitrogens is 2. The van der Waals surface area contributed by atoms with Crippen LogP contribution in [0.3, 0.4) is 0 Å². The summed E-state index contributed by atoms with van der Waals surface area (Å²) in [6.45, 7) is 13.0. The molecule has 0 amide bonds. The van der Waals surface area contributed by atoms with Gasteiger partial charge in [-0.25, -0.2) is 4.98 Å². The van der Waals surface area contributed by atoms with Gasteiger partial charge in [0, 0.05) is 39.1 Å². The van der Waals surface area contributed by atoms with E-state index < -0.39 is 0 Å². The number of hydrogen-bond acceptors (Lipinski definition) is 2. The normalized spacial score (nSPS) is 18.6. The molecule has 0 atom stereocenters. The predicted molar refractivity (Wildman–Crippen MR) is 87.2 cm³/mol. The third kappa shape index (κ3) is 4.22. The van der Waals surface area contributed by atoms with Crippen molar-refractivity contribution in [1.82, 2.24) is 19.8 Å². The van der Waals surface area contributed by atoms with Crippen LogP contribution in [0.5, 0.6) is 0 Å². The fraction of sp³-hybridized carbons (Fsp3) is 0.750. The zero-order chi connectivity index (χ0) is 15.5. The topological polar surface area (TPSA) is 45.5 Å². The summed E-state index contributed by atoms with van der Waals surface area (Å²) in [5.74, 6) is 2.68. The highest BCUT2D eigenvalue weighted by Crippen LogP contribution is 2.28. The number of imidazole rings is 1. The Hall–Kier alpha value is -1.52. The number of aliphatic imine (C=N–C) groups is 1. The molecule has 0 radical (unpaired) electrons. The van der Waals surface area contributed by atoms with Gasteiger partial charge in [0.15, 0.2) is 5.96 Å². The van der Waals surface area contributed by atoms with E-state index in [4.69, 9.17) is 0 Å². The molecular formula is C16H29N5. The molecule has 1 aromatic heterocycles. The first-order valence-corrected chi connectivity index (χ1v) is 7.87. The summed E-state index contributed by atoms with van der Waals surface area (Å²) in [6.07, 6.45) is 5.15. The Labute approximate surface area is 128 Å². The molecule has 0 saturated carbocycles. The van der Waals surface area contributed by atoms with Crippen LogP contribution < -0.4 is 5.32 Å². The fourth-order valence-electron chi connectivity index (χ4n) is 2.85. The molecule has 1 saturated heterocycles. The summed E-state index contributed by atoms with van der Waals surface area (Å²) in [5.41, 5.74) is 0.383. The molecule has 0 aromatic carbocycles. The van der Waals surface area contributed by atoms with Gasteiger partial charge in [-0.3, -0.25) is 4.99 Å². The van der Waals surface area contributed by atoms with Crippen molar-refractivity contribution < 1.29 is 0 Å². The van der Waals surface area contributed by atoms with E-state index in [-0.39, 0.29) is 0 Å². The highest BCUT2D eigenvalue weighted by Gasteiger charge is 2.30. The molecule has 1 fully saturated rings. The van der Waals surface area contributed by atoms with E-state index in [2.05, 4.69) is 58.7 Å². The summed E-state index contributed by atoms with van der Waals surface area (Å²) in [6, 6.07) is 0. The van der Waals surface area contributed by atoms with Crippen LogP contribution in [-0.2, 0) is 13.1 Å². The number of rotatable bonds is 4. The monoisotopic (exact) mass is 291 g/mol. The lowest BCUT2D eigenvalue weighted by Gasteiger charge is -2.23. The molecule has 118 valence electrons. The first-order valence-electron chi connectivity index (χ1n) is 7.87. The number of guanidine groups is 1. The standard InChI is InChI=1S/C16H29N5/c1-13(2)11-20-9-7-18-14(20)10-19-15(17-5)21-8-6-16(3,4)12-21/h7,9,13H,6,8,10-12H2,1-5H3,(H,17,19). The van der Waals surface area contributed by atoms with Gasteiger partial charge in [0.25, 0.3) is 0 Å². The van der Waals surface area contributed by atoms with E-state index in [1.54, 1.807) is 0 Å². The number of likely N-dealkylation sites (tertiary alicyclic amines) is 1. The van der Waals surface area contributed by atoms with Crippen LogP contribution in [0.15, 0.2) is 17.4 Å². The number of nitrogens with zero attached hydrogens (tertiary/aromatic N) is 4. The average molecular weight is 291 g/mol. The third-order valence-electron chi connectivity index (χ3n) is 3.96. The zero-order valence-electron chi connectivity index (χ0n) is 14.1. The minimum absolute atomic E-state index is 0.383. The Kier molecular flexibility index (Phi) is 4.91. The lowest BCUT2D eigenvalue weighted by Crippen LogP contribution is -2.40. The molecule has 21 heavy (non-hydrogen) atoms. The summed E-state index contributed by atoms with van der Waals surface area (Å²) in [5, 5.41) is 3.46. The summed E-state index contributed by atoms with van der Waals surface area (Å²) in [7, 11) is 1.86. The van der Waals surface area contributed by atoms with E-state index >= 15 is 0 Å². The van der Waals surface area contributed by atoms with Crippen LogP contribution in [0.25, 0.3) is 0 Å². The lowest BCUT2D eigenvalue weighted by atomic mass is 9.93. The van der Waals surface area contributed by atoms with Crippen LogP contribution in [0.2, 0.25) is 0 Å². The maximum Gasteiger partial charge on any atom is 0.194 e. The van der Waals surface area contributed by atoms with E-state index in [0.29, 0.717) is 11.3 Å². The van der Waals surface area contributed by atoms with Gasteiger partial charge in [0.2, 0.25) is 0 Å². The van der Waals surface area contributed by atoms with Crippen LogP contribution in [0.4, 0.5) is 0 Å². The zero-order valence-corrected chi connectivity index (χ0v) is 14.1. The molecule has 2 rings (SSSR count). The highest BCUT2D eigenvalue weighted by atomic mass is 15.3. The van der Waals surface area contributed by atoms with Crippen molar-refractivity contribution in [2.24, 2.45) is 16.3 Å². The molecule has 1 aromatic rings. The minimum Gasteiger partial charge on any atom is -0.349 e. The van der Waals surface area contributed by atoms with Gasteiger partial charge in [0.1, 0.15) is 5.82 Å². The average Bonchev–Trinajstić information content (AvgIpc) is 2.97. The maximum absolute atomic E-state index is 4.46. The Morgan fingerprint density at radius 1 is 1.48 bits per heavy atom. The van der Waals surface area contributed by atoms with E-state index in [1.807, 2.05) is 13.2 Å². The first-order chi connectivity index (χ1) is 9.91. The molecule has 0 aliphatic carbocycles. The van der Waals surface area contributed by atoms with Crippen molar-refractivity contribution in [3.8, 4) is 0 Å². The van der Waals surface area contributed by atoms with Crippen LogP contribution >= 0.6 is 0 Å². The van der Waals surface area contributed by atoms with Crippen LogP contribution in [0.1, 0.15) is 39.9 Å². The van der Waals surface area contributed by atoms with Crippen LogP contribution in [0, 0.1) is 11.3 Å². The SMILES string of the molecule is CN=C(NCc1nccn1CC(C)C)N1CCC(C)(C)C1. The largest absolute Gasteiger partial charge is 0.349 e. The fourth-order valence-corrected chi connectivity index (χ4v) is 2.85. The Morgan fingerprint density at radius 3 is 2.81 bits per heavy atom. The van der Waals surface area contributed by atoms with Crippen molar-refractivity contribution >= 4 is 5.96 Å². The van der Waals surface area contributed by atoms with Gasteiger partial charge < -0.3 is 14.8 Å². The number of nitrogens with one attached hydrogen (secondary N) is 1. The smallest absolute Gasteiger partial charge is 0.194 e. The molecule has 5 nitrogen and oxygen atoms in total. The van der Waals surface area contributed by atoms with Gasteiger partial charge >= 0.3 is 0 Å². The van der Waals surface area contributed by atoms with E-state index in [9.17, 15) is 0 Å². The predicted octanol–water partition coefficient (Wildman–Crippen LogP) is 2.35. The Bertz CT molecular complexity index is 487. The molecule has 0 bridgehead atoms. The molecule has 0 unspecified atom stereocenters. The summed E-state index contributed by atoms with van der Waals surface area (Å²) < 4.78 is 2.22. The van der Waals surface area contributed by atoms with Gasteiger partial charge in [-0.05, 0) is 17.8 Å². The second-order valence-corrected chi connectivity index (χ2v) is 7.13. The Balaban J connectivity index is 1.94. The van der Waals surface area contributed by atoms with E-state index in [1.165, 1.54) is 6.42 Å². The molecule has 2 heterocycles. The molecule has 1 N–H and O–H groups in total. The van der Waals surface area contributed by atoms with Crippen molar-refractivity contribution in [3.63, 3.8) is 0 Å². The molecule has 5 heteroatoms. The Morgan fingerprint density at radius 2 is 2.24 bits per heavy atom. The van der Waals surface area contributed by atoms with Crippen molar-refractivity contribution in [3.05, 3.63) is 18.2 Å². The number of hydrogen-bond donors (Lipinski definition) is 1. The second-order valence-electron chi connectivity index (χ2n) is 7.13. The summed E-state index contributed by atoms with van der Waals surface area (Å²) in [4.78, 5) is 11.2.